The van der Waals surface area contributed by atoms with E-state index in [1.54, 1.807) is 0 Å². The van der Waals surface area contributed by atoms with E-state index in [2.05, 4.69) is 187 Å². The van der Waals surface area contributed by atoms with Crippen LogP contribution in [0.15, 0.2) is 115 Å². The molecule has 0 aliphatic carbocycles. The molecule has 0 spiro atoms. The fourth-order valence-corrected chi connectivity index (χ4v) is 15.2. The summed E-state index contributed by atoms with van der Waals surface area (Å²) in [6.45, 7) is 29.0. The molecule has 0 amide bonds. The van der Waals surface area contributed by atoms with E-state index in [9.17, 15) is 0 Å². The standard InChI is InChI=1S/C48H53GeN.C7H8/c1-27-19-31(5)43(32(6)20-27)39-15-13-16-40(44-33(7)21-28(2)22-34(44)8)47(39)49(50)48-41(45-35(9)23-29(3)24-36(45)10)17-14-18-42(48)46-37(11)25-30(4)26-38(46)12;1-7-5-3-2-4-6-7/h13-26,49H,50H2,1-12H3;2-6H,1H3. The van der Waals surface area contributed by atoms with Crippen molar-refractivity contribution >= 4 is 23.4 Å². The SMILES string of the molecule is Cc1cc(C)c(-c2cccc(-c3c(C)cc(C)cc3C)[c]2[GeH]([NH2])[c]2c(-c3c(C)cc(C)cc3C)cccc2-c2c(C)cc(C)cc2C)c(C)c1.Cc1ccccc1. The first-order valence-electron chi connectivity index (χ1n) is 20.4. The van der Waals surface area contributed by atoms with Gasteiger partial charge in [0.2, 0.25) is 0 Å². The average Bonchev–Trinajstić information content (AvgIpc) is 3.10. The van der Waals surface area contributed by atoms with Gasteiger partial charge in [-0.25, -0.2) is 0 Å². The summed E-state index contributed by atoms with van der Waals surface area (Å²) in [5, 5.41) is 0. The molecule has 290 valence electrons. The van der Waals surface area contributed by atoms with Crippen LogP contribution in [-0.4, -0.2) is 14.6 Å². The van der Waals surface area contributed by atoms with Crippen LogP contribution in [0.1, 0.15) is 72.3 Å². The second-order valence-corrected chi connectivity index (χ2v) is 21.2. The molecule has 0 bridgehead atoms. The van der Waals surface area contributed by atoms with Crippen molar-refractivity contribution in [2.24, 2.45) is 4.69 Å². The third-order valence-electron chi connectivity index (χ3n) is 11.6. The molecule has 0 fully saturated rings. The van der Waals surface area contributed by atoms with Gasteiger partial charge in [-0.15, -0.1) is 0 Å². The third kappa shape index (κ3) is 8.66. The van der Waals surface area contributed by atoms with Gasteiger partial charge in [0.05, 0.1) is 0 Å². The van der Waals surface area contributed by atoms with Crippen molar-refractivity contribution in [3.63, 3.8) is 0 Å². The molecule has 7 aromatic carbocycles. The van der Waals surface area contributed by atoms with Crippen molar-refractivity contribution in [3.8, 4) is 44.5 Å². The largest absolute Gasteiger partial charge is 0.0622 e. The fourth-order valence-electron chi connectivity index (χ4n) is 9.77. The predicted octanol–water partition coefficient (Wildman–Crippen LogP) is 12.8. The van der Waals surface area contributed by atoms with Gasteiger partial charge in [-0.1, -0.05) is 35.9 Å². The van der Waals surface area contributed by atoms with Gasteiger partial charge in [-0.2, -0.15) is 0 Å². The summed E-state index contributed by atoms with van der Waals surface area (Å²) >= 11 is -3.19. The molecule has 0 unspecified atom stereocenters. The Kier molecular flexibility index (Phi) is 12.6. The van der Waals surface area contributed by atoms with Gasteiger partial charge in [0.15, 0.2) is 0 Å². The summed E-state index contributed by atoms with van der Waals surface area (Å²) in [4.78, 5) is 0. The van der Waals surface area contributed by atoms with E-state index < -0.39 is 14.6 Å². The summed E-state index contributed by atoms with van der Waals surface area (Å²) in [6, 6.07) is 42.8. The third-order valence-corrected chi connectivity index (χ3v) is 16.8. The Bertz CT molecular complexity index is 2200. The maximum atomic E-state index is 8.18. The first-order chi connectivity index (χ1) is 27.1. The van der Waals surface area contributed by atoms with Gasteiger partial charge < -0.3 is 0 Å². The van der Waals surface area contributed by atoms with Crippen LogP contribution in [0.25, 0.3) is 44.5 Å². The van der Waals surface area contributed by atoms with Gasteiger partial charge in [-0.3, -0.25) is 0 Å². The summed E-state index contributed by atoms with van der Waals surface area (Å²) in [7, 11) is 0. The minimum Gasteiger partial charge on any atom is -0.0622 e. The van der Waals surface area contributed by atoms with Crippen molar-refractivity contribution in [1.82, 2.24) is 0 Å². The minimum absolute atomic E-state index is 1.29. The second kappa shape index (κ2) is 17.3. The number of nitrogens with two attached hydrogens (primary N) is 1. The first-order valence-corrected chi connectivity index (χ1v) is 24.2. The van der Waals surface area contributed by atoms with Crippen LogP contribution in [0.4, 0.5) is 0 Å². The molecule has 2 N–H and O–H groups in total. The van der Waals surface area contributed by atoms with Crippen LogP contribution in [0.3, 0.4) is 0 Å². The number of rotatable bonds is 6. The summed E-state index contributed by atoms with van der Waals surface area (Å²) in [5.74, 6) is 0. The molecule has 0 aliphatic rings. The molecular formula is C55H61GeN. The monoisotopic (exact) mass is 809 g/mol. The molecule has 0 saturated heterocycles. The molecule has 0 heterocycles. The van der Waals surface area contributed by atoms with Crippen molar-refractivity contribution < 1.29 is 0 Å². The van der Waals surface area contributed by atoms with Gasteiger partial charge in [0.25, 0.3) is 0 Å². The Labute approximate surface area is 348 Å². The minimum atomic E-state index is -3.19. The van der Waals surface area contributed by atoms with Crippen molar-refractivity contribution in [1.29, 1.82) is 0 Å². The van der Waals surface area contributed by atoms with E-state index >= 15 is 0 Å². The molecule has 57 heavy (non-hydrogen) atoms. The quantitative estimate of drug-likeness (QED) is 0.166. The van der Waals surface area contributed by atoms with Crippen molar-refractivity contribution in [2.75, 3.05) is 0 Å². The Morgan fingerprint density at radius 3 is 0.702 bits per heavy atom. The van der Waals surface area contributed by atoms with Crippen molar-refractivity contribution in [3.05, 3.63) is 188 Å². The Balaban J connectivity index is 0.000000708. The predicted molar refractivity (Wildman–Crippen MR) is 253 cm³/mol. The zero-order valence-electron chi connectivity index (χ0n) is 36.6. The maximum absolute atomic E-state index is 8.18. The van der Waals surface area contributed by atoms with Gasteiger partial charge in [-0.05, 0) is 6.92 Å². The zero-order chi connectivity index (χ0) is 41.3. The number of hydrogen-bond acceptors (Lipinski definition) is 1. The van der Waals surface area contributed by atoms with Crippen LogP contribution in [0, 0.1) is 90.0 Å². The first kappa shape index (κ1) is 41.7. The molecule has 1 nitrogen and oxygen atoms in total. The van der Waals surface area contributed by atoms with Crippen LogP contribution in [0.5, 0.6) is 0 Å². The van der Waals surface area contributed by atoms with Crippen LogP contribution in [0.2, 0.25) is 0 Å². The van der Waals surface area contributed by atoms with E-state index in [0.717, 1.165) is 0 Å². The normalized spacial score (nSPS) is 11.1. The Morgan fingerprint density at radius 1 is 0.281 bits per heavy atom. The topological polar surface area (TPSA) is 26.0 Å². The number of hydrogen-bond donors (Lipinski definition) is 1. The molecule has 0 aliphatic heterocycles. The summed E-state index contributed by atoms with van der Waals surface area (Å²) < 4.78 is 10.9. The number of aryl methyl sites for hydroxylation is 13. The Morgan fingerprint density at radius 2 is 0.509 bits per heavy atom. The summed E-state index contributed by atoms with van der Waals surface area (Å²) in [5.41, 5.74) is 27.4. The second-order valence-electron chi connectivity index (χ2n) is 16.8. The molecular weight excluding hydrogens is 747 g/mol. The van der Waals surface area contributed by atoms with Gasteiger partial charge in [0, 0.05) is 0 Å². The van der Waals surface area contributed by atoms with Gasteiger partial charge >= 0.3 is 307 Å². The van der Waals surface area contributed by atoms with Crippen LogP contribution in [-0.2, 0) is 0 Å². The maximum Gasteiger partial charge on any atom is -0.0398 e. The number of benzene rings is 7. The molecule has 7 rings (SSSR count). The molecule has 0 aromatic heterocycles. The van der Waals surface area contributed by atoms with E-state index in [-0.39, 0.29) is 0 Å². The van der Waals surface area contributed by atoms with Crippen LogP contribution < -0.4 is 13.5 Å². The van der Waals surface area contributed by atoms with Crippen LogP contribution >= 0.6 is 0 Å². The smallest absolute Gasteiger partial charge is 0.0398 e. The zero-order valence-corrected chi connectivity index (χ0v) is 39.0. The molecule has 0 saturated carbocycles. The molecule has 0 atom stereocenters. The molecule has 7 aromatic rings. The van der Waals surface area contributed by atoms with E-state index in [0.29, 0.717) is 0 Å². The summed E-state index contributed by atoms with van der Waals surface area (Å²) in [6.07, 6.45) is 0. The Hall–Kier alpha value is -4.96. The van der Waals surface area contributed by atoms with E-state index in [1.807, 2.05) is 18.2 Å². The van der Waals surface area contributed by atoms with Gasteiger partial charge in [0.1, 0.15) is 0 Å². The fraction of sp³-hybridized carbons (Fsp3) is 0.236. The molecule has 0 radical (unpaired) electrons. The van der Waals surface area contributed by atoms with Crippen molar-refractivity contribution in [2.45, 2.75) is 90.0 Å². The van der Waals surface area contributed by atoms with E-state index in [1.165, 1.54) is 126 Å². The molecule has 2 heteroatoms. The average molecular weight is 809 g/mol. The van der Waals surface area contributed by atoms with E-state index in [4.69, 9.17) is 4.69 Å².